The fraction of sp³-hybridized carbons (Fsp3) is 0.890. The number of phosphoric acid groups is 1. The number of hydrogen-bond acceptors (Lipinski definition) is 8. The van der Waals surface area contributed by atoms with Crippen molar-refractivity contribution >= 4 is 19.8 Å². The van der Waals surface area contributed by atoms with Gasteiger partial charge in [-0.25, -0.2) is 4.57 Å². The number of carbonyl (C=O) groups excluding carboxylic acids is 2. The van der Waals surface area contributed by atoms with Crippen molar-refractivity contribution in [2.45, 2.75) is 392 Å². The molecule has 0 fully saturated rings. The van der Waals surface area contributed by atoms with E-state index in [9.17, 15) is 19.0 Å². The van der Waals surface area contributed by atoms with Crippen LogP contribution in [0.25, 0.3) is 0 Å². The summed E-state index contributed by atoms with van der Waals surface area (Å²) in [5.41, 5.74) is 5.41. The summed E-state index contributed by atoms with van der Waals surface area (Å²) >= 11 is 0. The van der Waals surface area contributed by atoms with Crippen LogP contribution < -0.4 is 5.73 Å². The molecule has 0 heterocycles. The molecule has 0 aliphatic carbocycles. The zero-order valence-electron chi connectivity index (χ0n) is 55.2. The first-order valence-corrected chi connectivity index (χ1v) is 38.0. The minimum absolute atomic E-state index is 0.0561. The van der Waals surface area contributed by atoms with Gasteiger partial charge in [0.2, 0.25) is 0 Å². The summed E-state index contributed by atoms with van der Waals surface area (Å²) in [5, 5.41) is 0. The van der Waals surface area contributed by atoms with Gasteiger partial charge in [-0.2, -0.15) is 0 Å². The molecule has 0 aromatic heterocycles. The van der Waals surface area contributed by atoms with E-state index in [-0.39, 0.29) is 38.6 Å². The summed E-state index contributed by atoms with van der Waals surface area (Å²) in [5.74, 6) is -0.805. The molecule has 0 saturated heterocycles. The van der Waals surface area contributed by atoms with Crippen molar-refractivity contribution in [3.8, 4) is 0 Å². The van der Waals surface area contributed by atoms with Crippen molar-refractivity contribution in [1.29, 1.82) is 0 Å². The van der Waals surface area contributed by atoms with E-state index in [2.05, 4.69) is 50.3 Å². The van der Waals surface area contributed by atoms with Gasteiger partial charge in [-0.3, -0.25) is 18.6 Å². The largest absolute Gasteiger partial charge is 0.472 e. The van der Waals surface area contributed by atoms with E-state index in [0.717, 1.165) is 38.5 Å². The van der Waals surface area contributed by atoms with Gasteiger partial charge < -0.3 is 20.1 Å². The fourth-order valence-corrected chi connectivity index (χ4v) is 11.8. The Morgan fingerprint density at radius 2 is 0.627 bits per heavy atom. The summed E-state index contributed by atoms with van der Waals surface area (Å²) in [4.78, 5) is 35.4. The molecule has 0 rings (SSSR count). The van der Waals surface area contributed by atoms with Crippen LogP contribution in [-0.4, -0.2) is 49.3 Å². The van der Waals surface area contributed by atoms with Gasteiger partial charge in [-0.15, -0.1) is 0 Å². The van der Waals surface area contributed by atoms with Crippen molar-refractivity contribution in [2.24, 2.45) is 5.73 Å². The molecule has 0 saturated carbocycles. The predicted octanol–water partition coefficient (Wildman–Crippen LogP) is 23.9. The molecule has 490 valence electrons. The lowest BCUT2D eigenvalue weighted by Gasteiger charge is -2.19. The highest BCUT2D eigenvalue weighted by atomic mass is 31.2. The Morgan fingerprint density at radius 3 is 0.928 bits per heavy atom. The van der Waals surface area contributed by atoms with Crippen LogP contribution in [0, 0.1) is 0 Å². The van der Waals surface area contributed by atoms with Crippen molar-refractivity contribution in [1.82, 2.24) is 0 Å². The Hall–Kier alpha value is -1.77. The Balaban J connectivity index is 3.78. The van der Waals surface area contributed by atoms with E-state index in [0.29, 0.717) is 6.42 Å². The molecular weight excluding hydrogens is 1050 g/mol. The van der Waals surface area contributed by atoms with Gasteiger partial charge in [-0.05, 0) is 70.6 Å². The highest BCUT2D eigenvalue weighted by Gasteiger charge is 2.26. The van der Waals surface area contributed by atoms with Gasteiger partial charge in [-0.1, -0.05) is 339 Å². The number of unbranched alkanes of at least 4 members (excludes halogenated alkanes) is 51. The third kappa shape index (κ3) is 69.2. The van der Waals surface area contributed by atoms with Gasteiger partial charge in [0.15, 0.2) is 6.10 Å². The molecule has 0 amide bonds. The van der Waals surface area contributed by atoms with Crippen LogP contribution in [0.3, 0.4) is 0 Å². The lowest BCUT2D eigenvalue weighted by molar-refractivity contribution is -0.161. The molecule has 3 N–H and O–H groups in total. The number of phosphoric ester groups is 1. The first-order chi connectivity index (χ1) is 40.8. The summed E-state index contributed by atoms with van der Waals surface area (Å²) in [7, 11) is -4.39. The number of nitrogens with two attached hydrogens (primary N) is 1. The van der Waals surface area contributed by atoms with Crippen LogP contribution >= 0.6 is 7.82 Å². The third-order valence-electron chi connectivity index (χ3n) is 16.5. The van der Waals surface area contributed by atoms with Gasteiger partial charge in [0, 0.05) is 19.4 Å². The van der Waals surface area contributed by atoms with Gasteiger partial charge in [0.25, 0.3) is 0 Å². The second kappa shape index (κ2) is 69.3. The van der Waals surface area contributed by atoms with E-state index < -0.39 is 26.5 Å². The maximum absolute atomic E-state index is 12.8. The van der Waals surface area contributed by atoms with Gasteiger partial charge in [0.1, 0.15) is 6.61 Å². The zero-order valence-corrected chi connectivity index (χ0v) is 56.1. The monoisotopic (exact) mass is 1190 g/mol. The van der Waals surface area contributed by atoms with Crippen molar-refractivity contribution in [3.05, 3.63) is 36.5 Å². The molecule has 0 spiro atoms. The van der Waals surface area contributed by atoms with Crippen LogP contribution in [0.5, 0.6) is 0 Å². The Bertz CT molecular complexity index is 1450. The normalized spacial score (nSPS) is 13.1. The highest BCUT2D eigenvalue weighted by Crippen LogP contribution is 2.43. The zero-order chi connectivity index (χ0) is 60.1. The lowest BCUT2D eigenvalue weighted by atomic mass is 10.0. The molecule has 2 unspecified atom stereocenters. The van der Waals surface area contributed by atoms with Crippen molar-refractivity contribution in [3.63, 3.8) is 0 Å². The molecular formula is C73H140NO8P. The maximum Gasteiger partial charge on any atom is 0.472 e. The number of hydrogen-bond donors (Lipinski definition) is 2. The van der Waals surface area contributed by atoms with Crippen LogP contribution in [0.1, 0.15) is 386 Å². The quantitative estimate of drug-likeness (QED) is 0.0264. The minimum atomic E-state index is -4.39. The smallest absolute Gasteiger partial charge is 0.462 e. The Morgan fingerprint density at radius 1 is 0.361 bits per heavy atom. The van der Waals surface area contributed by atoms with E-state index >= 15 is 0 Å². The SMILES string of the molecule is CCCCCCC/C=C\C/C=C\CCCCCCCCCCCCCCCCCCCCCCCCCCCC(=O)OC(COC(=O)CCCCCCCCCCCCCCC/C=C\CCCCCCCCCC)COP(=O)(O)OCCN. The number of allylic oxidation sites excluding steroid dienone is 6. The lowest BCUT2D eigenvalue weighted by Crippen LogP contribution is -2.29. The molecule has 0 bridgehead atoms. The molecule has 0 aromatic rings. The van der Waals surface area contributed by atoms with Crippen LogP contribution in [0.15, 0.2) is 36.5 Å². The highest BCUT2D eigenvalue weighted by molar-refractivity contribution is 7.47. The van der Waals surface area contributed by atoms with Crippen LogP contribution in [0.4, 0.5) is 0 Å². The first-order valence-electron chi connectivity index (χ1n) is 36.5. The molecule has 0 aliphatic heterocycles. The predicted molar refractivity (Wildman–Crippen MR) is 358 cm³/mol. The number of rotatable bonds is 70. The number of carbonyl (C=O) groups is 2. The second-order valence-electron chi connectivity index (χ2n) is 24.8. The standard InChI is InChI=1S/C73H140NO8P/c1-3-5-7-9-11-13-15-17-19-21-23-25-27-29-30-31-32-33-34-35-36-37-38-39-40-42-44-46-48-50-52-54-56-58-60-62-64-66-73(76)82-71(70-81-83(77,78)80-68-67-74)69-79-72(75)65-63-61-59-57-55-53-51-49-47-45-43-41-28-26-24-22-20-18-16-14-12-10-8-6-4-2/h15,17,21-24,71H,3-14,16,18-20,25-70,74H2,1-2H3,(H,77,78)/b17-15-,23-21-,24-22-. The fourth-order valence-electron chi connectivity index (χ4n) is 11.1. The van der Waals surface area contributed by atoms with Crippen LogP contribution in [0.2, 0.25) is 0 Å². The summed E-state index contributed by atoms with van der Waals surface area (Å²) in [6.07, 6.45) is 86.9. The molecule has 0 aliphatic rings. The Kier molecular flexibility index (Phi) is 67.9. The van der Waals surface area contributed by atoms with Gasteiger partial charge in [0.05, 0.1) is 13.2 Å². The van der Waals surface area contributed by atoms with Crippen LogP contribution in [-0.2, 0) is 32.7 Å². The summed E-state index contributed by atoms with van der Waals surface area (Å²) < 4.78 is 33.2. The van der Waals surface area contributed by atoms with Crippen molar-refractivity contribution in [2.75, 3.05) is 26.4 Å². The van der Waals surface area contributed by atoms with E-state index in [1.165, 1.54) is 315 Å². The molecule has 83 heavy (non-hydrogen) atoms. The first kappa shape index (κ1) is 81.2. The second-order valence-corrected chi connectivity index (χ2v) is 26.3. The molecule has 9 nitrogen and oxygen atoms in total. The van der Waals surface area contributed by atoms with E-state index in [1.807, 2.05) is 0 Å². The average molecular weight is 1190 g/mol. The van der Waals surface area contributed by atoms with E-state index in [1.54, 1.807) is 0 Å². The number of ether oxygens (including phenoxy) is 2. The molecule has 10 heteroatoms. The minimum Gasteiger partial charge on any atom is -0.462 e. The number of esters is 2. The third-order valence-corrected chi connectivity index (χ3v) is 17.5. The topological polar surface area (TPSA) is 134 Å². The molecule has 2 atom stereocenters. The van der Waals surface area contributed by atoms with E-state index in [4.69, 9.17) is 24.3 Å². The average Bonchev–Trinajstić information content (AvgIpc) is 3.49. The molecule has 0 radical (unpaired) electrons. The summed E-state index contributed by atoms with van der Waals surface area (Å²) in [6.45, 7) is 3.81. The summed E-state index contributed by atoms with van der Waals surface area (Å²) in [6, 6.07) is 0. The molecule has 0 aromatic carbocycles. The maximum atomic E-state index is 12.8. The Labute approximate surface area is 515 Å². The van der Waals surface area contributed by atoms with Crippen molar-refractivity contribution < 1.29 is 37.6 Å². The van der Waals surface area contributed by atoms with Gasteiger partial charge >= 0.3 is 19.8 Å².